The van der Waals surface area contributed by atoms with Gasteiger partial charge in [-0.05, 0) is 26.2 Å². The summed E-state index contributed by atoms with van der Waals surface area (Å²) in [5.74, 6) is 1.58. The van der Waals surface area contributed by atoms with E-state index in [1.54, 1.807) is 6.33 Å². The largest absolute Gasteiger partial charge is 0.354 e. The standard InChI is InChI=1S/C13H22ClN3/c1-6-11-12(14)15-8-16-13(11)17(10(4)5)7-9(2)3/h8-10H,6-7H2,1-5H3. The number of halogens is 1. The molecule has 0 unspecified atom stereocenters. The zero-order chi connectivity index (χ0) is 13.0. The zero-order valence-corrected chi connectivity index (χ0v) is 12.1. The first-order chi connectivity index (χ1) is 7.97. The lowest BCUT2D eigenvalue weighted by atomic mass is 10.1. The van der Waals surface area contributed by atoms with Crippen molar-refractivity contribution in [2.45, 2.75) is 47.1 Å². The van der Waals surface area contributed by atoms with Crippen molar-refractivity contribution in [1.29, 1.82) is 0 Å². The molecule has 0 aromatic carbocycles. The summed E-state index contributed by atoms with van der Waals surface area (Å²) in [6.45, 7) is 11.9. The average Bonchev–Trinajstić information content (AvgIpc) is 2.25. The Bertz CT molecular complexity index is 364. The molecule has 17 heavy (non-hydrogen) atoms. The molecule has 0 saturated heterocycles. The molecule has 0 aliphatic carbocycles. The third-order valence-corrected chi connectivity index (χ3v) is 3.01. The van der Waals surface area contributed by atoms with E-state index < -0.39 is 0 Å². The van der Waals surface area contributed by atoms with Crippen molar-refractivity contribution >= 4 is 17.4 Å². The van der Waals surface area contributed by atoms with Crippen LogP contribution in [0.2, 0.25) is 5.15 Å². The van der Waals surface area contributed by atoms with Crippen LogP contribution in [0.25, 0.3) is 0 Å². The highest BCUT2D eigenvalue weighted by molar-refractivity contribution is 6.30. The van der Waals surface area contributed by atoms with Crippen molar-refractivity contribution in [2.24, 2.45) is 5.92 Å². The SMILES string of the molecule is CCc1c(Cl)ncnc1N(CC(C)C)C(C)C. The summed E-state index contributed by atoms with van der Waals surface area (Å²) >= 11 is 6.14. The van der Waals surface area contributed by atoms with Gasteiger partial charge in [-0.3, -0.25) is 0 Å². The molecule has 0 aliphatic rings. The van der Waals surface area contributed by atoms with Crippen molar-refractivity contribution in [3.8, 4) is 0 Å². The molecule has 0 fully saturated rings. The lowest BCUT2D eigenvalue weighted by molar-refractivity contribution is 0.563. The van der Waals surface area contributed by atoms with E-state index in [0.29, 0.717) is 17.1 Å². The van der Waals surface area contributed by atoms with Crippen LogP contribution in [-0.4, -0.2) is 22.6 Å². The molecule has 1 aromatic heterocycles. The number of anilines is 1. The van der Waals surface area contributed by atoms with E-state index in [2.05, 4.69) is 49.5 Å². The molecule has 0 radical (unpaired) electrons. The van der Waals surface area contributed by atoms with Gasteiger partial charge in [-0.15, -0.1) is 0 Å². The Hall–Kier alpha value is -0.830. The number of hydrogen-bond acceptors (Lipinski definition) is 3. The monoisotopic (exact) mass is 255 g/mol. The Morgan fingerprint density at radius 3 is 2.35 bits per heavy atom. The molecule has 0 bridgehead atoms. The second kappa shape index (κ2) is 6.20. The van der Waals surface area contributed by atoms with Gasteiger partial charge in [0.15, 0.2) is 0 Å². The van der Waals surface area contributed by atoms with Crippen LogP contribution in [0.4, 0.5) is 5.82 Å². The lowest BCUT2D eigenvalue weighted by Crippen LogP contribution is -2.35. The van der Waals surface area contributed by atoms with E-state index in [4.69, 9.17) is 11.6 Å². The van der Waals surface area contributed by atoms with E-state index in [0.717, 1.165) is 24.3 Å². The number of nitrogens with zero attached hydrogens (tertiary/aromatic N) is 3. The van der Waals surface area contributed by atoms with E-state index in [1.807, 2.05) is 0 Å². The maximum Gasteiger partial charge on any atom is 0.137 e. The Labute approximate surface area is 109 Å². The highest BCUT2D eigenvalue weighted by Crippen LogP contribution is 2.25. The molecule has 1 rings (SSSR count). The summed E-state index contributed by atoms with van der Waals surface area (Å²) in [4.78, 5) is 10.8. The Morgan fingerprint density at radius 2 is 1.88 bits per heavy atom. The summed E-state index contributed by atoms with van der Waals surface area (Å²) in [7, 11) is 0. The van der Waals surface area contributed by atoms with Crippen molar-refractivity contribution < 1.29 is 0 Å². The molecular weight excluding hydrogens is 234 g/mol. The summed E-state index contributed by atoms with van der Waals surface area (Å²) < 4.78 is 0. The van der Waals surface area contributed by atoms with Gasteiger partial charge in [-0.1, -0.05) is 32.4 Å². The van der Waals surface area contributed by atoms with Gasteiger partial charge in [0, 0.05) is 18.2 Å². The van der Waals surface area contributed by atoms with Crippen LogP contribution >= 0.6 is 11.6 Å². The molecule has 0 aliphatic heterocycles. The molecule has 96 valence electrons. The zero-order valence-electron chi connectivity index (χ0n) is 11.4. The van der Waals surface area contributed by atoms with Gasteiger partial charge in [0.05, 0.1) is 0 Å². The third-order valence-electron chi connectivity index (χ3n) is 2.68. The van der Waals surface area contributed by atoms with Gasteiger partial charge < -0.3 is 4.90 Å². The molecule has 0 N–H and O–H groups in total. The van der Waals surface area contributed by atoms with E-state index in [-0.39, 0.29) is 0 Å². The van der Waals surface area contributed by atoms with Crippen molar-refractivity contribution in [1.82, 2.24) is 9.97 Å². The maximum absolute atomic E-state index is 6.14. The topological polar surface area (TPSA) is 29.0 Å². The first-order valence-electron chi connectivity index (χ1n) is 6.23. The quantitative estimate of drug-likeness (QED) is 0.754. The minimum atomic E-state index is 0.411. The van der Waals surface area contributed by atoms with Crippen LogP contribution < -0.4 is 4.90 Å². The van der Waals surface area contributed by atoms with Crippen molar-refractivity contribution in [3.05, 3.63) is 17.0 Å². The number of aromatic nitrogens is 2. The van der Waals surface area contributed by atoms with E-state index in [1.165, 1.54) is 0 Å². The maximum atomic E-state index is 6.14. The highest BCUT2D eigenvalue weighted by atomic mass is 35.5. The second-order valence-electron chi connectivity index (χ2n) is 4.96. The lowest BCUT2D eigenvalue weighted by Gasteiger charge is -2.31. The summed E-state index contributed by atoms with van der Waals surface area (Å²) in [5, 5.41) is 0.576. The van der Waals surface area contributed by atoms with Gasteiger partial charge in [-0.25, -0.2) is 9.97 Å². The predicted molar refractivity (Wildman–Crippen MR) is 73.7 cm³/mol. The fraction of sp³-hybridized carbons (Fsp3) is 0.692. The van der Waals surface area contributed by atoms with Gasteiger partial charge in [-0.2, -0.15) is 0 Å². The Balaban J connectivity index is 3.13. The molecule has 0 saturated carbocycles. The number of hydrogen-bond donors (Lipinski definition) is 0. The first kappa shape index (κ1) is 14.2. The third kappa shape index (κ3) is 3.56. The summed E-state index contributed by atoms with van der Waals surface area (Å²) in [5.41, 5.74) is 1.04. The minimum Gasteiger partial charge on any atom is -0.354 e. The molecule has 0 atom stereocenters. The number of rotatable bonds is 5. The summed E-state index contributed by atoms with van der Waals surface area (Å²) in [6.07, 6.45) is 2.41. The smallest absolute Gasteiger partial charge is 0.137 e. The van der Waals surface area contributed by atoms with E-state index >= 15 is 0 Å². The predicted octanol–water partition coefficient (Wildman–Crippen LogP) is 3.56. The second-order valence-corrected chi connectivity index (χ2v) is 5.32. The fourth-order valence-corrected chi connectivity index (χ4v) is 2.13. The van der Waals surface area contributed by atoms with Crippen molar-refractivity contribution in [2.75, 3.05) is 11.4 Å². The molecule has 0 spiro atoms. The van der Waals surface area contributed by atoms with Gasteiger partial charge >= 0.3 is 0 Å². The minimum absolute atomic E-state index is 0.411. The molecule has 3 nitrogen and oxygen atoms in total. The van der Waals surface area contributed by atoms with Crippen LogP contribution in [-0.2, 0) is 6.42 Å². The summed E-state index contributed by atoms with van der Waals surface area (Å²) in [6, 6.07) is 0.411. The molecular formula is C13H22ClN3. The fourth-order valence-electron chi connectivity index (χ4n) is 1.87. The molecule has 1 aromatic rings. The van der Waals surface area contributed by atoms with Crippen LogP contribution in [0.5, 0.6) is 0 Å². The average molecular weight is 256 g/mol. The molecule has 0 amide bonds. The van der Waals surface area contributed by atoms with Crippen molar-refractivity contribution in [3.63, 3.8) is 0 Å². The van der Waals surface area contributed by atoms with Gasteiger partial charge in [0.1, 0.15) is 17.3 Å². The normalized spacial score (nSPS) is 11.3. The van der Waals surface area contributed by atoms with Crippen LogP contribution in [0.3, 0.4) is 0 Å². The molecule has 4 heteroatoms. The van der Waals surface area contributed by atoms with Gasteiger partial charge in [0.2, 0.25) is 0 Å². The Morgan fingerprint density at radius 1 is 1.24 bits per heavy atom. The van der Waals surface area contributed by atoms with Crippen LogP contribution in [0, 0.1) is 5.92 Å². The first-order valence-corrected chi connectivity index (χ1v) is 6.61. The van der Waals surface area contributed by atoms with Gasteiger partial charge in [0.25, 0.3) is 0 Å². The van der Waals surface area contributed by atoms with Crippen LogP contribution in [0.1, 0.15) is 40.2 Å². The molecule has 1 heterocycles. The van der Waals surface area contributed by atoms with Crippen LogP contribution in [0.15, 0.2) is 6.33 Å². The highest BCUT2D eigenvalue weighted by Gasteiger charge is 2.18. The van der Waals surface area contributed by atoms with E-state index in [9.17, 15) is 0 Å². The Kier molecular flexibility index (Phi) is 5.19.